The van der Waals surface area contributed by atoms with Gasteiger partial charge in [-0.1, -0.05) is 18.2 Å². The van der Waals surface area contributed by atoms with Gasteiger partial charge in [-0.2, -0.15) is 5.26 Å². The molecule has 0 radical (unpaired) electrons. The predicted octanol–water partition coefficient (Wildman–Crippen LogP) is 3.14. The molecule has 0 saturated heterocycles. The van der Waals surface area contributed by atoms with Crippen molar-refractivity contribution in [1.82, 2.24) is 0 Å². The zero-order valence-corrected chi connectivity index (χ0v) is 10.8. The first-order chi connectivity index (χ1) is 9.28. The fourth-order valence-corrected chi connectivity index (χ4v) is 2.19. The molecule has 0 bridgehead atoms. The van der Waals surface area contributed by atoms with Crippen molar-refractivity contribution in [2.24, 2.45) is 0 Å². The molecule has 19 heavy (non-hydrogen) atoms. The molecule has 1 atom stereocenters. The number of benzene rings is 1. The Balaban J connectivity index is 1.67. The van der Waals surface area contributed by atoms with Crippen molar-refractivity contribution < 1.29 is 9.53 Å². The third kappa shape index (κ3) is 4.26. The summed E-state index contributed by atoms with van der Waals surface area (Å²) in [6, 6.07) is 9.82. The summed E-state index contributed by atoms with van der Waals surface area (Å²) < 4.78 is 5.21. The van der Waals surface area contributed by atoms with Gasteiger partial charge in [-0.25, -0.2) is 4.79 Å². The molecular weight excluding hydrogens is 238 g/mol. The van der Waals surface area contributed by atoms with Crippen molar-refractivity contribution in [2.75, 3.05) is 0 Å². The van der Waals surface area contributed by atoms with E-state index in [9.17, 15) is 4.79 Å². The van der Waals surface area contributed by atoms with E-state index < -0.39 is 0 Å². The number of hydrogen-bond acceptors (Lipinski definition) is 3. The second-order valence-electron chi connectivity index (χ2n) is 4.75. The number of esters is 1. The van der Waals surface area contributed by atoms with E-state index in [2.05, 4.69) is 6.07 Å². The Kier molecular flexibility index (Phi) is 4.74. The van der Waals surface area contributed by atoms with Gasteiger partial charge in [-0.05, 0) is 43.4 Å². The van der Waals surface area contributed by atoms with E-state index in [1.165, 1.54) is 11.6 Å². The van der Waals surface area contributed by atoms with E-state index >= 15 is 0 Å². The number of rotatable bonds is 5. The van der Waals surface area contributed by atoms with Crippen LogP contribution in [0.25, 0.3) is 0 Å². The molecule has 0 spiro atoms. The van der Waals surface area contributed by atoms with E-state index in [1.807, 2.05) is 30.3 Å². The molecule has 0 saturated carbocycles. The van der Waals surface area contributed by atoms with Crippen LogP contribution in [-0.2, 0) is 16.0 Å². The molecule has 98 valence electrons. The molecule has 1 aromatic carbocycles. The van der Waals surface area contributed by atoms with Crippen molar-refractivity contribution in [3.8, 4) is 6.07 Å². The molecule has 1 aromatic rings. The number of carbonyl (C=O) groups is 1. The topological polar surface area (TPSA) is 50.1 Å². The molecular formula is C16H17NO2. The average Bonchev–Trinajstić information content (AvgIpc) is 2.44. The van der Waals surface area contributed by atoms with Gasteiger partial charge in [0.1, 0.15) is 6.10 Å². The van der Waals surface area contributed by atoms with E-state index in [-0.39, 0.29) is 12.1 Å². The lowest BCUT2D eigenvalue weighted by molar-refractivity contribution is -0.144. The first-order valence-corrected chi connectivity index (χ1v) is 6.64. The molecule has 0 N–H and O–H groups in total. The summed E-state index contributed by atoms with van der Waals surface area (Å²) in [6.07, 6.45) is 8.32. The zero-order valence-electron chi connectivity index (χ0n) is 10.8. The first kappa shape index (κ1) is 13.4. The number of unbranched alkanes of at least 4 members (excludes halogenated alkanes) is 1. The molecule has 0 fully saturated rings. The fraction of sp³-hybridized carbons (Fsp3) is 0.375. The van der Waals surface area contributed by atoms with Crippen molar-refractivity contribution in [3.05, 3.63) is 47.5 Å². The Labute approximate surface area is 113 Å². The van der Waals surface area contributed by atoms with Gasteiger partial charge in [-0.15, -0.1) is 0 Å². The van der Waals surface area contributed by atoms with Crippen molar-refractivity contribution in [3.63, 3.8) is 0 Å². The summed E-state index contributed by atoms with van der Waals surface area (Å²) in [5, 5.41) is 8.71. The van der Waals surface area contributed by atoms with Gasteiger partial charge >= 0.3 is 5.97 Å². The van der Waals surface area contributed by atoms with Crippen LogP contribution in [0, 0.1) is 11.3 Å². The largest absolute Gasteiger partial charge is 0.459 e. The summed E-state index contributed by atoms with van der Waals surface area (Å²) in [5.74, 6) is -0.219. The summed E-state index contributed by atoms with van der Waals surface area (Å²) in [6.45, 7) is 0. The minimum Gasteiger partial charge on any atom is -0.459 e. The highest BCUT2D eigenvalue weighted by Gasteiger charge is 2.14. The van der Waals surface area contributed by atoms with E-state index in [0.717, 1.165) is 32.1 Å². The summed E-state index contributed by atoms with van der Waals surface area (Å²) in [4.78, 5) is 11.1. The summed E-state index contributed by atoms with van der Waals surface area (Å²) >= 11 is 0. The van der Waals surface area contributed by atoms with Crippen LogP contribution in [0.4, 0.5) is 0 Å². The number of ether oxygens (including phenoxy) is 1. The van der Waals surface area contributed by atoms with Gasteiger partial charge in [0.15, 0.2) is 0 Å². The molecule has 0 aliphatic carbocycles. The lowest BCUT2D eigenvalue weighted by Crippen LogP contribution is -2.19. The van der Waals surface area contributed by atoms with Crippen LogP contribution in [0.3, 0.4) is 0 Å². The molecule has 1 aliphatic rings. The van der Waals surface area contributed by atoms with Crippen LogP contribution >= 0.6 is 0 Å². The molecule has 1 unspecified atom stereocenters. The fourth-order valence-electron chi connectivity index (χ4n) is 2.19. The number of nitriles is 1. The Morgan fingerprint density at radius 3 is 2.74 bits per heavy atom. The third-order valence-electron chi connectivity index (χ3n) is 3.26. The highest BCUT2D eigenvalue weighted by Crippen LogP contribution is 2.15. The SMILES string of the molecule is N#Cc1ccc(CCCCC2CC=CC(=O)O2)cc1. The van der Waals surface area contributed by atoms with Crippen LogP contribution < -0.4 is 0 Å². The molecule has 1 aliphatic heterocycles. The second-order valence-corrected chi connectivity index (χ2v) is 4.75. The van der Waals surface area contributed by atoms with Crippen LogP contribution in [0.1, 0.15) is 36.8 Å². The Bertz CT molecular complexity index is 496. The minimum absolute atomic E-state index is 0.0541. The Morgan fingerprint density at radius 2 is 2.05 bits per heavy atom. The molecule has 3 heteroatoms. The minimum atomic E-state index is -0.219. The van der Waals surface area contributed by atoms with Crippen LogP contribution in [0.2, 0.25) is 0 Å². The molecule has 0 amide bonds. The molecule has 1 heterocycles. The van der Waals surface area contributed by atoms with Gasteiger partial charge < -0.3 is 4.74 Å². The molecule has 3 nitrogen and oxygen atoms in total. The zero-order chi connectivity index (χ0) is 13.5. The quantitative estimate of drug-likeness (QED) is 0.600. The van der Waals surface area contributed by atoms with Gasteiger partial charge in [0.25, 0.3) is 0 Å². The summed E-state index contributed by atoms with van der Waals surface area (Å²) in [7, 11) is 0. The van der Waals surface area contributed by atoms with E-state index in [0.29, 0.717) is 5.56 Å². The Morgan fingerprint density at radius 1 is 1.26 bits per heavy atom. The van der Waals surface area contributed by atoms with Gasteiger partial charge in [-0.3, -0.25) is 0 Å². The number of nitrogens with zero attached hydrogens (tertiary/aromatic N) is 1. The molecule has 0 aromatic heterocycles. The highest BCUT2D eigenvalue weighted by molar-refractivity contribution is 5.82. The van der Waals surface area contributed by atoms with Crippen LogP contribution in [-0.4, -0.2) is 12.1 Å². The monoisotopic (exact) mass is 255 g/mol. The van der Waals surface area contributed by atoms with Crippen molar-refractivity contribution in [1.29, 1.82) is 5.26 Å². The van der Waals surface area contributed by atoms with Crippen LogP contribution in [0.15, 0.2) is 36.4 Å². The normalized spacial score (nSPS) is 17.8. The lowest BCUT2D eigenvalue weighted by atomic mass is 10.0. The Hall–Kier alpha value is -2.08. The number of carbonyl (C=O) groups excluding carboxylic acids is 1. The van der Waals surface area contributed by atoms with Crippen LogP contribution in [0.5, 0.6) is 0 Å². The standard InChI is InChI=1S/C16H17NO2/c17-12-14-10-8-13(9-11-14)4-1-2-5-15-6-3-7-16(18)19-15/h3,7-11,15H,1-2,4-6H2. The number of cyclic esters (lactones) is 1. The van der Waals surface area contributed by atoms with Gasteiger partial charge in [0.05, 0.1) is 11.6 Å². The predicted molar refractivity (Wildman–Crippen MR) is 72.3 cm³/mol. The van der Waals surface area contributed by atoms with Gasteiger partial charge in [0.2, 0.25) is 0 Å². The third-order valence-corrected chi connectivity index (χ3v) is 3.26. The van der Waals surface area contributed by atoms with Crippen molar-refractivity contribution >= 4 is 5.97 Å². The first-order valence-electron chi connectivity index (χ1n) is 6.64. The lowest BCUT2D eigenvalue weighted by Gasteiger charge is -2.18. The van der Waals surface area contributed by atoms with Gasteiger partial charge in [0, 0.05) is 12.5 Å². The maximum Gasteiger partial charge on any atom is 0.330 e. The second kappa shape index (κ2) is 6.75. The number of hydrogen-bond donors (Lipinski definition) is 0. The maximum atomic E-state index is 11.1. The average molecular weight is 255 g/mol. The smallest absolute Gasteiger partial charge is 0.330 e. The van der Waals surface area contributed by atoms with E-state index in [1.54, 1.807) is 0 Å². The highest BCUT2D eigenvalue weighted by atomic mass is 16.5. The van der Waals surface area contributed by atoms with Crippen molar-refractivity contribution in [2.45, 2.75) is 38.2 Å². The molecule has 2 rings (SSSR count). The number of aryl methyl sites for hydroxylation is 1. The maximum absolute atomic E-state index is 11.1. The summed E-state index contributed by atoms with van der Waals surface area (Å²) in [5.41, 5.74) is 1.95. The van der Waals surface area contributed by atoms with E-state index in [4.69, 9.17) is 10.00 Å².